The van der Waals surface area contributed by atoms with E-state index in [9.17, 15) is 9.59 Å². The van der Waals surface area contributed by atoms with Gasteiger partial charge in [-0.3, -0.25) is 4.79 Å². The van der Waals surface area contributed by atoms with Crippen LogP contribution in [0.3, 0.4) is 0 Å². The van der Waals surface area contributed by atoms with Gasteiger partial charge in [-0.15, -0.1) is 0 Å². The number of carbonyl (C=O) groups is 2. The Hall–Kier alpha value is -2.76. The highest BCUT2D eigenvalue weighted by molar-refractivity contribution is 5.94. The van der Waals surface area contributed by atoms with Gasteiger partial charge in [0.1, 0.15) is 11.5 Å². The second kappa shape index (κ2) is 8.19. The lowest BCUT2D eigenvalue weighted by Crippen LogP contribution is -2.37. The number of benzene rings is 1. The SMILES string of the molecule is CNC(=O)c1cccc(CCNC(=O)N[C@@H](C)c2ccc(C)o2)c1. The van der Waals surface area contributed by atoms with E-state index in [-0.39, 0.29) is 18.0 Å². The van der Waals surface area contributed by atoms with Gasteiger partial charge in [0.25, 0.3) is 5.91 Å². The number of nitrogens with one attached hydrogen (secondary N) is 3. The van der Waals surface area contributed by atoms with Crippen molar-refractivity contribution in [3.05, 3.63) is 59.0 Å². The monoisotopic (exact) mass is 329 g/mol. The maximum atomic E-state index is 11.9. The molecule has 1 heterocycles. The number of aryl methyl sites for hydroxylation is 1. The van der Waals surface area contributed by atoms with Gasteiger partial charge in [-0.05, 0) is 50.1 Å². The fourth-order valence-corrected chi connectivity index (χ4v) is 2.34. The molecule has 0 saturated heterocycles. The van der Waals surface area contributed by atoms with Crippen molar-refractivity contribution in [1.82, 2.24) is 16.0 Å². The summed E-state index contributed by atoms with van der Waals surface area (Å²) in [4.78, 5) is 23.5. The van der Waals surface area contributed by atoms with Gasteiger partial charge in [0, 0.05) is 19.2 Å². The summed E-state index contributed by atoms with van der Waals surface area (Å²) in [5, 5.41) is 8.23. The molecule has 0 fully saturated rings. The van der Waals surface area contributed by atoms with Crippen molar-refractivity contribution < 1.29 is 14.0 Å². The molecule has 0 radical (unpaired) electrons. The third-order valence-electron chi connectivity index (χ3n) is 3.65. The molecule has 0 aliphatic heterocycles. The van der Waals surface area contributed by atoms with Gasteiger partial charge in [-0.1, -0.05) is 12.1 Å². The van der Waals surface area contributed by atoms with Gasteiger partial charge >= 0.3 is 6.03 Å². The maximum Gasteiger partial charge on any atom is 0.315 e. The molecule has 1 aromatic heterocycles. The molecule has 3 N–H and O–H groups in total. The van der Waals surface area contributed by atoms with Crippen molar-refractivity contribution in [2.75, 3.05) is 13.6 Å². The van der Waals surface area contributed by atoms with Crippen molar-refractivity contribution in [2.45, 2.75) is 26.3 Å². The minimum Gasteiger partial charge on any atom is -0.464 e. The Morgan fingerprint density at radius 2 is 2.00 bits per heavy atom. The van der Waals surface area contributed by atoms with Crippen LogP contribution in [0.5, 0.6) is 0 Å². The first-order valence-electron chi connectivity index (χ1n) is 7.91. The van der Waals surface area contributed by atoms with Crippen molar-refractivity contribution in [1.29, 1.82) is 0 Å². The molecular formula is C18H23N3O3. The molecule has 128 valence electrons. The molecule has 0 unspecified atom stereocenters. The molecule has 0 spiro atoms. The van der Waals surface area contributed by atoms with E-state index >= 15 is 0 Å². The Kier molecular flexibility index (Phi) is 6.01. The van der Waals surface area contributed by atoms with Gasteiger partial charge in [-0.2, -0.15) is 0 Å². The third-order valence-corrected chi connectivity index (χ3v) is 3.65. The van der Waals surface area contributed by atoms with E-state index in [4.69, 9.17) is 4.42 Å². The lowest BCUT2D eigenvalue weighted by molar-refractivity contribution is 0.0963. The molecular weight excluding hydrogens is 306 g/mol. The Balaban J connectivity index is 1.79. The van der Waals surface area contributed by atoms with E-state index in [2.05, 4.69) is 16.0 Å². The minimum atomic E-state index is -0.251. The quantitative estimate of drug-likeness (QED) is 0.761. The van der Waals surface area contributed by atoms with Crippen LogP contribution in [-0.2, 0) is 6.42 Å². The van der Waals surface area contributed by atoms with Crippen LogP contribution >= 0.6 is 0 Å². The summed E-state index contributed by atoms with van der Waals surface area (Å²) in [7, 11) is 1.60. The average Bonchev–Trinajstić information content (AvgIpc) is 3.01. The van der Waals surface area contributed by atoms with E-state index in [0.717, 1.165) is 17.1 Å². The van der Waals surface area contributed by atoms with Crippen molar-refractivity contribution in [3.63, 3.8) is 0 Å². The number of carbonyl (C=O) groups excluding carboxylic acids is 2. The summed E-state index contributed by atoms with van der Waals surface area (Å²) >= 11 is 0. The normalized spacial score (nSPS) is 11.6. The van der Waals surface area contributed by atoms with Crippen molar-refractivity contribution in [2.24, 2.45) is 0 Å². The number of hydrogen-bond donors (Lipinski definition) is 3. The van der Waals surface area contributed by atoms with E-state index < -0.39 is 0 Å². The minimum absolute atomic E-state index is 0.120. The summed E-state index contributed by atoms with van der Waals surface area (Å²) in [5.74, 6) is 1.42. The Morgan fingerprint density at radius 3 is 2.67 bits per heavy atom. The van der Waals surface area contributed by atoms with Crippen LogP contribution in [-0.4, -0.2) is 25.5 Å². The standard InChI is InChI=1S/C18H23N3O3/c1-12-7-8-16(24-12)13(2)21-18(23)20-10-9-14-5-4-6-15(11-14)17(22)19-3/h4-8,11,13H,9-10H2,1-3H3,(H,19,22)(H2,20,21,23)/t13-/m0/s1. The van der Waals surface area contributed by atoms with Crippen molar-refractivity contribution >= 4 is 11.9 Å². The molecule has 1 aromatic carbocycles. The average molecular weight is 329 g/mol. The zero-order valence-electron chi connectivity index (χ0n) is 14.2. The largest absolute Gasteiger partial charge is 0.464 e. The maximum absolute atomic E-state index is 11.9. The summed E-state index contributed by atoms with van der Waals surface area (Å²) < 4.78 is 5.49. The van der Waals surface area contributed by atoms with E-state index in [1.54, 1.807) is 13.1 Å². The first kappa shape index (κ1) is 17.6. The predicted octanol–water partition coefficient (Wildman–Crippen LogP) is 2.55. The lowest BCUT2D eigenvalue weighted by atomic mass is 10.1. The zero-order chi connectivity index (χ0) is 17.5. The molecule has 0 aliphatic carbocycles. The van der Waals surface area contributed by atoms with Crippen LogP contribution < -0.4 is 16.0 Å². The van der Waals surface area contributed by atoms with Crippen LogP contribution in [0.4, 0.5) is 4.79 Å². The van der Waals surface area contributed by atoms with E-state index in [1.807, 2.05) is 44.2 Å². The zero-order valence-corrected chi connectivity index (χ0v) is 14.2. The molecule has 2 rings (SSSR count). The topological polar surface area (TPSA) is 83.4 Å². The molecule has 2 aromatic rings. The summed E-state index contributed by atoms with van der Waals surface area (Å²) in [5.41, 5.74) is 1.60. The first-order chi connectivity index (χ1) is 11.5. The van der Waals surface area contributed by atoms with Crippen LogP contribution in [0.25, 0.3) is 0 Å². The van der Waals surface area contributed by atoms with Crippen molar-refractivity contribution in [3.8, 4) is 0 Å². The number of furan rings is 1. The fraction of sp³-hybridized carbons (Fsp3) is 0.333. The predicted molar refractivity (Wildman–Crippen MR) is 91.9 cm³/mol. The van der Waals surface area contributed by atoms with E-state index in [0.29, 0.717) is 18.5 Å². The third kappa shape index (κ3) is 4.87. The van der Waals surface area contributed by atoms with Gasteiger partial charge in [0.05, 0.1) is 6.04 Å². The highest BCUT2D eigenvalue weighted by atomic mass is 16.3. The van der Waals surface area contributed by atoms with Gasteiger partial charge < -0.3 is 20.4 Å². The molecule has 1 atom stereocenters. The van der Waals surface area contributed by atoms with Crippen LogP contribution in [0, 0.1) is 6.92 Å². The highest BCUT2D eigenvalue weighted by Crippen LogP contribution is 2.15. The highest BCUT2D eigenvalue weighted by Gasteiger charge is 2.12. The molecule has 6 nitrogen and oxygen atoms in total. The molecule has 6 heteroatoms. The Labute approximate surface area is 141 Å². The number of hydrogen-bond acceptors (Lipinski definition) is 3. The van der Waals surface area contributed by atoms with Crippen LogP contribution in [0.1, 0.15) is 40.4 Å². The molecule has 24 heavy (non-hydrogen) atoms. The van der Waals surface area contributed by atoms with Crippen LogP contribution in [0.2, 0.25) is 0 Å². The number of urea groups is 1. The summed E-state index contributed by atoms with van der Waals surface area (Å²) in [6.45, 7) is 4.21. The van der Waals surface area contributed by atoms with Gasteiger partial charge in [-0.25, -0.2) is 4.79 Å². The smallest absolute Gasteiger partial charge is 0.315 e. The second-order valence-corrected chi connectivity index (χ2v) is 5.60. The molecule has 0 bridgehead atoms. The number of rotatable bonds is 6. The summed E-state index contributed by atoms with van der Waals surface area (Å²) in [6.07, 6.45) is 0.645. The second-order valence-electron chi connectivity index (χ2n) is 5.60. The van der Waals surface area contributed by atoms with Gasteiger partial charge in [0.2, 0.25) is 0 Å². The first-order valence-corrected chi connectivity index (χ1v) is 7.91. The Morgan fingerprint density at radius 1 is 1.21 bits per heavy atom. The van der Waals surface area contributed by atoms with E-state index in [1.165, 1.54) is 0 Å². The fourth-order valence-electron chi connectivity index (χ4n) is 2.34. The Bertz CT molecular complexity index is 709. The summed E-state index contributed by atoms with van der Waals surface area (Å²) in [6, 6.07) is 10.6. The lowest BCUT2D eigenvalue weighted by Gasteiger charge is -2.12. The molecule has 0 aliphatic rings. The molecule has 0 saturated carbocycles. The number of amides is 3. The van der Waals surface area contributed by atoms with Gasteiger partial charge in [0.15, 0.2) is 0 Å². The van der Waals surface area contributed by atoms with Crippen LogP contribution in [0.15, 0.2) is 40.8 Å². The molecule has 3 amide bonds.